The molecule has 0 radical (unpaired) electrons. The number of carbonyl (C=O) groups is 1. The summed E-state index contributed by atoms with van der Waals surface area (Å²) in [7, 11) is 0. The molecule has 1 aromatic rings. The lowest BCUT2D eigenvalue weighted by Crippen LogP contribution is -1.99. The van der Waals surface area contributed by atoms with Crippen molar-refractivity contribution in [1.82, 2.24) is 9.97 Å². The molecule has 4 nitrogen and oxygen atoms in total. The summed E-state index contributed by atoms with van der Waals surface area (Å²) in [4.78, 5) is 18.1. The van der Waals surface area contributed by atoms with Gasteiger partial charge >= 0.3 is 5.97 Å². The van der Waals surface area contributed by atoms with Crippen LogP contribution in [0.15, 0.2) is 0 Å². The number of hydrogen-bond donors (Lipinski definition) is 2. The van der Waals surface area contributed by atoms with Gasteiger partial charge in [-0.1, -0.05) is 58.3 Å². The summed E-state index contributed by atoms with van der Waals surface area (Å²) in [6, 6.07) is 0. The molecule has 1 heterocycles. The lowest BCUT2D eigenvalue weighted by Gasteiger charge is -2.01. The minimum atomic E-state index is -0.947. The predicted octanol–water partition coefficient (Wildman–Crippen LogP) is 4.49. The Morgan fingerprint density at radius 2 is 1.60 bits per heavy atom. The van der Waals surface area contributed by atoms with E-state index in [4.69, 9.17) is 5.11 Å². The quantitative estimate of drug-likeness (QED) is 0.587. The average Bonchev–Trinajstić information content (AvgIpc) is 2.78. The van der Waals surface area contributed by atoms with Crippen LogP contribution in [-0.2, 0) is 6.42 Å². The van der Waals surface area contributed by atoms with Gasteiger partial charge in [0.25, 0.3) is 0 Å². The van der Waals surface area contributed by atoms with Crippen molar-refractivity contribution >= 4 is 5.97 Å². The Morgan fingerprint density at radius 3 is 2.10 bits per heavy atom. The van der Waals surface area contributed by atoms with Crippen LogP contribution in [0.5, 0.6) is 0 Å². The van der Waals surface area contributed by atoms with Crippen LogP contribution in [0.4, 0.5) is 0 Å². The molecule has 0 aliphatic carbocycles. The fourth-order valence-corrected chi connectivity index (χ4v) is 2.45. The van der Waals surface area contributed by atoms with Crippen molar-refractivity contribution in [2.45, 2.75) is 78.1 Å². The largest absolute Gasteiger partial charge is 0.476 e. The molecule has 0 saturated heterocycles. The maximum atomic E-state index is 10.9. The maximum absolute atomic E-state index is 10.9. The molecular formula is C16H28N2O2. The van der Waals surface area contributed by atoms with Gasteiger partial charge in [0.2, 0.25) is 0 Å². The highest BCUT2D eigenvalue weighted by Crippen LogP contribution is 2.12. The first-order valence-electron chi connectivity index (χ1n) is 7.94. The van der Waals surface area contributed by atoms with Crippen LogP contribution >= 0.6 is 0 Å². The summed E-state index contributed by atoms with van der Waals surface area (Å²) in [6.07, 6.45) is 12.5. The number of nitrogens with one attached hydrogen (secondary N) is 1. The van der Waals surface area contributed by atoms with Crippen LogP contribution in [0.3, 0.4) is 0 Å². The minimum Gasteiger partial charge on any atom is -0.476 e. The van der Waals surface area contributed by atoms with Crippen molar-refractivity contribution in [3.63, 3.8) is 0 Å². The topological polar surface area (TPSA) is 66.0 Å². The first-order valence-corrected chi connectivity index (χ1v) is 7.94. The van der Waals surface area contributed by atoms with Crippen LogP contribution in [0, 0.1) is 6.92 Å². The van der Waals surface area contributed by atoms with Gasteiger partial charge in [-0.3, -0.25) is 0 Å². The Morgan fingerprint density at radius 1 is 1.05 bits per heavy atom. The van der Waals surface area contributed by atoms with Crippen molar-refractivity contribution < 1.29 is 9.90 Å². The van der Waals surface area contributed by atoms with Gasteiger partial charge in [0, 0.05) is 12.1 Å². The maximum Gasteiger partial charge on any atom is 0.356 e. The number of carboxylic acids is 1. The van der Waals surface area contributed by atoms with E-state index >= 15 is 0 Å². The number of rotatable bonds is 11. The van der Waals surface area contributed by atoms with Gasteiger partial charge in [-0.15, -0.1) is 0 Å². The van der Waals surface area contributed by atoms with Crippen LogP contribution < -0.4 is 0 Å². The second-order valence-electron chi connectivity index (χ2n) is 5.54. The third kappa shape index (κ3) is 6.22. The van der Waals surface area contributed by atoms with Crippen molar-refractivity contribution in [1.29, 1.82) is 0 Å². The van der Waals surface area contributed by atoms with Crippen LogP contribution in [0.25, 0.3) is 0 Å². The number of imidazole rings is 1. The van der Waals surface area contributed by atoms with Gasteiger partial charge in [0.1, 0.15) is 5.82 Å². The van der Waals surface area contributed by atoms with Crippen molar-refractivity contribution in [3.8, 4) is 0 Å². The van der Waals surface area contributed by atoms with Crippen LogP contribution in [0.1, 0.15) is 86.7 Å². The number of carboxylic acid groups (broad SMARTS) is 1. The van der Waals surface area contributed by atoms with E-state index in [1.54, 1.807) is 6.92 Å². The SMILES string of the molecule is CCCCCCCCCCCc1nc(C(=O)O)c(C)[nH]1. The van der Waals surface area contributed by atoms with Crippen LogP contribution in [0.2, 0.25) is 0 Å². The summed E-state index contributed by atoms with van der Waals surface area (Å²) in [5.74, 6) is -0.139. The molecule has 0 unspecified atom stereocenters. The lowest BCUT2D eigenvalue weighted by molar-refractivity contribution is 0.0690. The molecule has 2 N–H and O–H groups in total. The highest BCUT2D eigenvalue weighted by Gasteiger charge is 2.12. The Bertz CT molecular complexity index is 399. The molecule has 0 amide bonds. The van der Waals surface area contributed by atoms with Gasteiger partial charge in [-0.25, -0.2) is 9.78 Å². The van der Waals surface area contributed by atoms with E-state index in [-0.39, 0.29) is 5.69 Å². The van der Waals surface area contributed by atoms with Gasteiger partial charge in [0.15, 0.2) is 5.69 Å². The van der Waals surface area contributed by atoms with E-state index in [9.17, 15) is 4.79 Å². The number of aromatic carboxylic acids is 1. The number of aromatic amines is 1. The number of aromatic nitrogens is 2. The Labute approximate surface area is 122 Å². The van der Waals surface area contributed by atoms with E-state index in [1.807, 2.05) is 0 Å². The lowest BCUT2D eigenvalue weighted by atomic mass is 10.1. The molecule has 0 saturated carbocycles. The van der Waals surface area contributed by atoms with Gasteiger partial charge in [-0.2, -0.15) is 0 Å². The van der Waals surface area contributed by atoms with E-state index in [0.29, 0.717) is 5.69 Å². The average molecular weight is 280 g/mol. The molecule has 1 aromatic heterocycles. The number of unbranched alkanes of at least 4 members (excludes halogenated alkanes) is 8. The summed E-state index contributed by atoms with van der Waals surface area (Å²) < 4.78 is 0. The minimum absolute atomic E-state index is 0.163. The van der Waals surface area contributed by atoms with Gasteiger partial charge in [0.05, 0.1) is 0 Å². The third-order valence-electron chi connectivity index (χ3n) is 3.65. The summed E-state index contributed by atoms with van der Waals surface area (Å²) in [6.45, 7) is 4.00. The van der Waals surface area contributed by atoms with Crippen LogP contribution in [-0.4, -0.2) is 21.0 Å². The molecule has 1 rings (SSSR count). The first kappa shape index (κ1) is 16.7. The highest BCUT2D eigenvalue weighted by molar-refractivity contribution is 5.86. The number of H-pyrrole nitrogens is 1. The molecule has 0 bridgehead atoms. The van der Waals surface area contributed by atoms with E-state index in [1.165, 1.54) is 51.4 Å². The smallest absolute Gasteiger partial charge is 0.356 e. The molecule has 0 aliphatic rings. The van der Waals surface area contributed by atoms with E-state index in [2.05, 4.69) is 16.9 Å². The Hall–Kier alpha value is -1.32. The summed E-state index contributed by atoms with van der Waals surface area (Å²) in [5, 5.41) is 8.93. The van der Waals surface area contributed by atoms with E-state index in [0.717, 1.165) is 18.7 Å². The fourth-order valence-electron chi connectivity index (χ4n) is 2.45. The molecular weight excluding hydrogens is 252 g/mol. The zero-order chi connectivity index (χ0) is 14.8. The van der Waals surface area contributed by atoms with Gasteiger partial charge < -0.3 is 10.1 Å². The third-order valence-corrected chi connectivity index (χ3v) is 3.65. The molecule has 20 heavy (non-hydrogen) atoms. The molecule has 4 heteroatoms. The molecule has 114 valence electrons. The standard InChI is InChI=1S/C16H28N2O2/c1-3-4-5-6-7-8-9-10-11-12-14-17-13(2)15(18-14)16(19)20/h3-12H2,1-2H3,(H,17,18)(H,19,20). The monoisotopic (exact) mass is 280 g/mol. The highest BCUT2D eigenvalue weighted by atomic mass is 16.4. The molecule has 0 spiro atoms. The van der Waals surface area contributed by atoms with E-state index < -0.39 is 5.97 Å². The summed E-state index contributed by atoms with van der Waals surface area (Å²) in [5.41, 5.74) is 0.819. The molecule has 0 atom stereocenters. The zero-order valence-corrected chi connectivity index (χ0v) is 12.9. The first-order chi connectivity index (χ1) is 9.65. The van der Waals surface area contributed by atoms with Crippen molar-refractivity contribution in [3.05, 3.63) is 17.2 Å². The van der Waals surface area contributed by atoms with Gasteiger partial charge in [-0.05, 0) is 13.3 Å². The second-order valence-corrected chi connectivity index (χ2v) is 5.54. The number of nitrogens with zero attached hydrogens (tertiary/aromatic N) is 1. The molecule has 0 aliphatic heterocycles. The molecule has 0 aromatic carbocycles. The summed E-state index contributed by atoms with van der Waals surface area (Å²) >= 11 is 0. The Kier molecular flexibility index (Phi) is 8.00. The predicted molar refractivity (Wildman–Crippen MR) is 81.2 cm³/mol. The number of aryl methyl sites for hydroxylation is 2. The van der Waals surface area contributed by atoms with Crippen molar-refractivity contribution in [2.75, 3.05) is 0 Å². The zero-order valence-electron chi connectivity index (χ0n) is 12.9. The Balaban J connectivity index is 2.07. The number of hydrogen-bond acceptors (Lipinski definition) is 2. The normalized spacial score (nSPS) is 10.9. The molecule has 0 fully saturated rings. The fraction of sp³-hybridized carbons (Fsp3) is 0.750. The van der Waals surface area contributed by atoms with Crippen molar-refractivity contribution in [2.24, 2.45) is 0 Å². The second kappa shape index (κ2) is 9.56.